The van der Waals surface area contributed by atoms with Crippen molar-refractivity contribution in [1.82, 2.24) is 10.3 Å². The number of nitrogens with one attached hydrogen (secondary N) is 2. The van der Waals surface area contributed by atoms with Crippen LogP contribution in [0.15, 0.2) is 23.0 Å². The monoisotopic (exact) mass is 321 g/mol. The van der Waals surface area contributed by atoms with E-state index < -0.39 is 41.1 Å². The number of aliphatic hydroxyl groups is 1. The third-order valence-corrected chi connectivity index (χ3v) is 3.10. The quantitative estimate of drug-likeness (QED) is 0.435. The van der Waals surface area contributed by atoms with Gasteiger partial charge in [0.05, 0.1) is 11.5 Å². The fraction of sp³-hybridized carbons (Fsp3) is 0.154. The number of H-pyrrole nitrogens is 1. The van der Waals surface area contributed by atoms with Crippen LogP contribution in [0.25, 0.3) is 10.9 Å². The topological polar surface area (TPSA) is 163 Å². The Bertz CT molecular complexity index is 872. The average Bonchev–Trinajstić information content (AvgIpc) is 2.50. The number of carbonyl (C=O) groups excluding carboxylic acids is 1. The lowest BCUT2D eigenvalue weighted by Gasteiger charge is -2.10. The van der Waals surface area contributed by atoms with Gasteiger partial charge >= 0.3 is 5.97 Å². The molecule has 1 aromatic carbocycles. The Kier molecular flexibility index (Phi) is 4.37. The second kappa shape index (κ2) is 6.23. The fourth-order valence-corrected chi connectivity index (χ4v) is 2.11. The molecule has 0 unspecified atom stereocenters. The molecule has 0 saturated carbocycles. The SMILES string of the molecule is O=C(O)CNC(=O)c1c(CO)c2cc([N+](=O)[O-])ccc2[nH]c1=O. The van der Waals surface area contributed by atoms with Gasteiger partial charge in [-0.1, -0.05) is 0 Å². The van der Waals surface area contributed by atoms with E-state index in [0.717, 1.165) is 6.07 Å². The summed E-state index contributed by atoms with van der Waals surface area (Å²) in [5.74, 6) is -2.30. The Morgan fingerprint density at radius 3 is 2.61 bits per heavy atom. The van der Waals surface area contributed by atoms with Gasteiger partial charge in [0.1, 0.15) is 12.1 Å². The van der Waals surface area contributed by atoms with Crippen molar-refractivity contribution in [2.75, 3.05) is 6.54 Å². The molecule has 23 heavy (non-hydrogen) atoms. The van der Waals surface area contributed by atoms with Gasteiger partial charge in [0.25, 0.3) is 17.2 Å². The number of amides is 1. The van der Waals surface area contributed by atoms with Crippen molar-refractivity contribution in [3.05, 3.63) is 49.8 Å². The minimum atomic E-state index is -1.31. The standard InChI is InChI=1S/C13H11N3O7/c17-5-8-7-3-6(16(22)23)1-2-9(7)15-13(21)11(8)12(20)14-4-10(18)19/h1-3,17H,4-5H2,(H,14,20)(H,15,21)(H,18,19). The highest BCUT2D eigenvalue weighted by Gasteiger charge is 2.20. The molecule has 10 nitrogen and oxygen atoms in total. The summed E-state index contributed by atoms with van der Waals surface area (Å²) >= 11 is 0. The Hall–Kier alpha value is -3.27. The van der Waals surface area contributed by atoms with Crippen molar-refractivity contribution in [1.29, 1.82) is 0 Å². The van der Waals surface area contributed by atoms with Gasteiger partial charge in [-0.05, 0) is 6.07 Å². The molecule has 2 rings (SSSR count). The molecule has 1 amide bonds. The van der Waals surface area contributed by atoms with Gasteiger partial charge < -0.3 is 20.5 Å². The minimum absolute atomic E-state index is 0.115. The number of hydrogen-bond acceptors (Lipinski definition) is 6. The first-order chi connectivity index (χ1) is 10.8. The largest absolute Gasteiger partial charge is 0.480 e. The molecule has 0 saturated heterocycles. The normalized spacial score (nSPS) is 10.5. The number of non-ortho nitro benzene ring substituents is 1. The number of pyridine rings is 1. The predicted molar refractivity (Wildman–Crippen MR) is 77.1 cm³/mol. The van der Waals surface area contributed by atoms with Crippen molar-refractivity contribution >= 4 is 28.5 Å². The van der Waals surface area contributed by atoms with Crippen LogP contribution < -0.4 is 10.9 Å². The van der Waals surface area contributed by atoms with E-state index in [1.54, 1.807) is 0 Å². The summed E-state index contributed by atoms with van der Waals surface area (Å²) in [6, 6.07) is 3.57. The van der Waals surface area contributed by atoms with Crippen LogP contribution in [0, 0.1) is 10.1 Å². The van der Waals surface area contributed by atoms with Gasteiger partial charge in [0, 0.05) is 28.6 Å². The lowest BCUT2D eigenvalue weighted by Crippen LogP contribution is -2.34. The molecule has 0 aliphatic rings. The van der Waals surface area contributed by atoms with Crippen LogP contribution in [0.3, 0.4) is 0 Å². The molecule has 0 spiro atoms. The number of rotatable bonds is 5. The third kappa shape index (κ3) is 3.16. The van der Waals surface area contributed by atoms with Crippen LogP contribution in [0.4, 0.5) is 5.69 Å². The number of aliphatic carboxylic acids is 1. The number of nitrogens with zero attached hydrogens (tertiary/aromatic N) is 1. The van der Waals surface area contributed by atoms with E-state index in [1.807, 2.05) is 5.32 Å². The lowest BCUT2D eigenvalue weighted by molar-refractivity contribution is -0.384. The van der Waals surface area contributed by atoms with Gasteiger partial charge in [-0.15, -0.1) is 0 Å². The van der Waals surface area contributed by atoms with Gasteiger partial charge in [-0.25, -0.2) is 0 Å². The molecule has 120 valence electrons. The first-order valence-electron chi connectivity index (χ1n) is 6.29. The van der Waals surface area contributed by atoms with Gasteiger partial charge in [0.15, 0.2) is 0 Å². The summed E-state index contributed by atoms with van der Waals surface area (Å²) in [5, 5.41) is 31.0. The predicted octanol–water partition coefficient (Wildman–Crippen LogP) is -0.257. The molecule has 0 bridgehead atoms. The van der Waals surface area contributed by atoms with Crippen LogP contribution in [-0.4, -0.2) is 38.5 Å². The Morgan fingerprint density at radius 2 is 2.04 bits per heavy atom. The Morgan fingerprint density at radius 1 is 1.35 bits per heavy atom. The number of aromatic nitrogens is 1. The Balaban J connectivity index is 2.66. The molecule has 0 radical (unpaired) electrons. The summed E-state index contributed by atoms with van der Waals surface area (Å²) < 4.78 is 0. The number of carboxylic acids is 1. The van der Waals surface area contributed by atoms with E-state index in [-0.39, 0.29) is 22.2 Å². The molecule has 0 aliphatic heterocycles. The fourth-order valence-electron chi connectivity index (χ4n) is 2.11. The van der Waals surface area contributed by atoms with Gasteiger partial charge in [-0.2, -0.15) is 0 Å². The first kappa shape index (κ1) is 16.1. The van der Waals surface area contributed by atoms with E-state index in [1.165, 1.54) is 12.1 Å². The number of carboxylic acid groups (broad SMARTS) is 1. The molecule has 4 N–H and O–H groups in total. The Labute approximate surface area is 127 Å². The highest BCUT2D eigenvalue weighted by atomic mass is 16.6. The van der Waals surface area contributed by atoms with Gasteiger partial charge in [0.2, 0.25) is 0 Å². The van der Waals surface area contributed by atoms with E-state index in [9.17, 15) is 29.6 Å². The zero-order valence-electron chi connectivity index (χ0n) is 11.5. The zero-order chi connectivity index (χ0) is 17.1. The minimum Gasteiger partial charge on any atom is -0.480 e. The van der Waals surface area contributed by atoms with Crippen LogP contribution >= 0.6 is 0 Å². The second-order valence-electron chi connectivity index (χ2n) is 4.53. The molecule has 0 fully saturated rings. The van der Waals surface area contributed by atoms with Gasteiger partial charge in [-0.3, -0.25) is 24.5 Å². The summed E-state index contributed by atoms with van der Waals surface area (Å²) in [6.45, 7) is -1.44. The molecule has 1 heterocycles. The summed E-state index contributed by atoms with van der Waals surface area (Å²) in [4.78, 5) is 47.0. The van der Waals surface area contributed by atoms with Crippen LogP contribution in [0.1, 0.15) is 15.9 Å². The summed E-state index contributed by atoms with van der Waals surface area (Å²) in [7, 11) is 0. The average molecular weight is 321 g/mol. The smallest absolute Gasteiger partial charge is 0.322 e. The van der Waals surface area contributed by atoms with Crippen LogP contribution in [0.5, 0.6) is 0 Å². The van der Waals surface area contributed by atoms with Crippen LogP contribution in [0.2, 0.25) is 0 Å². The highest BCUT2D eigenvalue weighted by Crippen LogP contribution is 2.23. The molecule has 10 heteroatoms. The number of aromatic amines is 1. The lowest BCUT2D eigenvalue weighted by atomic mass is 10.0. The number of carbonyl (C=O) groups is 2. The van der Waals surface area contributed by atoms with Crippen LogP contribution in [-0.2, 0) is 11.4 Å². The van der Waals surface area contributed by atoms with Crippen molar-refractivity contribution in [2.24, 2.45) is 0 Å². The first-order valence-corrected chi connectivity index (χ1v) is 6.29. The second-order valence-corrected chi connectivity index (χ2v) is 4.53. The number of nitro benzene ring substituents is 1. The number of hydrogen-bond donors (Lipinski definition) is 4. The van der Waals surface area contributed by atoms with E-state index in [2.05, 4.69) is 4.98 Å². The zero-order valence-corrected chi connectivity index (χ0v) is 11.5. The van der Waals surface area contributed by atoms with Crippen molar-refractivity contribution in [3.8, 4) is 0 Å². The van der Waals surface area contributed by atoms with E-state index >= 15 is 0 Å². The van der Waals surface area contributed by atoms with E-state index in [0.29, 0.717) is 0 Å². The third-order valence-electron chi connectivity index (χ3n) is 3.10. The molecular formula is C13H11N3O7. The number of aliphatic hydroxyl groups excluding tert-OH is 1. The number of nitro groups is 1. The number of benzene rings is 1. The maximum atomic E-state index is 12.0. The summed E-state index contributed by atoms with van der Waals surface area (Å²) in [6.07, 6.45) is 0. The summed E-state index contributed by atoms with van der Waals surface area (Å²) in [5.41, 5.74) is -1.51. The van der Waals surface area contributed by atoms with Crippen molar-refractivity contribution in [3.63, 3.8) is 0 Å². The molecule has 0 aliphatic carbocycles. The number of fused-ring (bicyclic) bond motifs is 1. The maximum Gasteiger partial charge on any atom is 0.322 e. The molecule has 1 aromatic heterocycles. The molecule has 0 atom stereocenters. The maximum absolute atomic E-state index is 12.0. The van der Waals surface area contributed by atoms with Crippen molar-refractivity contribution < 1.29 is 24.7 Å². The molecular weight excluding hydrogens is 310 g/mol. The van der Waals surface area contributed by atoms with Crippen molar-refractivity contribution in [2.45, 2.75) is 6.61 Å². The van der Waals surface area contributed by atoms with E-state index in [4.69, 9.17) is 5.11 Å². The molecule has 2 aromatic rings. The highest BCUT2D eigenvalue weighted by molar-refractivity contribution is 6.01.